The molecule has 1 aliphatic carbocycles. The Labute approximate surface area is 130 Å². The number of hydrogen-bond acceptors (Lipinski definition) is 4. The van der Waals surface area contributed by atoms with Crippen LogP contribution in [0.5, 0.6) is 5.75 Å². The Bertz CT molecular complexity index is 582. The highest BCUT2D eigenvalue weighted by Crippen LogP contribution is 2.39. The predicted octanol–water partition coefficient (Wildman–Crippen LogP) is 3.80. The fraction of sp³-hybridized carbons (Fsp3) is 0.412. The molecule has 0 spiro atoms. The van der Waals surface area contributed by atoms with Crippen molar-refractivity contribution < 1.29 is 9.15 Å². The third-order valence-corrected chi connectivity index (χ3v) is 5.48. The van der Waals surface area contributed by atoms with Gasteiger partial charge in [0.2, 0.25) is 0 Å². The maximum atomic E-state index is 5.44. The van der Waals surface area contributed by atoms with Crippen molar-refractivity contribution in [2.24, 2.45) is 0 Å². The van der Waals surface area contributed by atoms with E-state index >= 15 is 0 Å². The summed E-state index contributed by atoms with van der Waals surface area (Å²) in [7, 11) is 3.77. The van der Waals surface area contributed by atoms with Crippen molar-refractivity contribution in [1.82, 2.24) is 5.32 Å². The zero-order valence-corrected chi connectivity index (χ0v) is 13.3. The summed E-state index contributed by atoms with van der Waals surface area (Å²) >= 11 is 1.97. The first-order chi connectivity index (χ1) is 10.3. The molecule has 1 N–H and O–H groups in total. The van der Waals surface area contributed by atoms with Gasteiger partial charge in [0, 0.05) is 11.3 Å². The molecule has 1 aromatic heterocycles. The van der Waals surface area contributed by atoms with Crippen LogP contribution in [0.3, 0.4) is 0 Å². The normalized spacial score (nSPS) is 21.0. The zero-order chi connectivity index (χ0) is 14.7. The van der Waals surface area contributed by atoms with Crippen molar-refractivity contribution in [3.63, 3.8) is 0 Å². The molecule has 0 bridgehead atoms. The number of benzene rings is 1. The lowest BCUT2D eigenvalue weighted by Crippen LogP contribution is -2.32. The third kappa shape index (κ3) is 3.11. The summed E-state index contributed by atoms with van der Waals surface area (Å²) in [6.07, 6.45) is 4.07. The van der Waals surface area contributed by atoms with Crippen molar-refractivity contribution >= 4 is 11.8 Å². The largest absolute Gasteiger partial charge is 0.497 e. The molecule has 2 atom stereocenters. The summed E-state index contributed by atoms with van der Waals surface area (Å²) in [5.74, 6) is 2.91. The lowest BCUT2D eigenvalue weighted by Gasteiger charge is -2.33. The topological polar surface area (TPSA) is 34.4 Å². The molecule has 4 heteroatoms. The Morgan fingerprint density at radius 1 is 1.38 bits per heavy atom. The van der Waals surface area contributed by atoms with Crippen LogP contribution in [-0.4, -0.2) is 19.4 Å². The number of aryl methyl sites for hydroxylation is 1. The van der Waals surface area contributed by atoms with Crippen LogP contribution in [0.2, 0.25) is 0 Å². The number of hydrogen-bond donors (Lipinski definition) is 1. The summed E-state index contributed by atoms with van der Waals surface area (Å²) < 4.78 is 10.8. The number of nitrogens with one attached hydrogen (secondary N) is 1. The molecule has 0 fully saturated rings. The minimum atomic E-state index is 0.365. The number of thioether (sulfide) groups is 1. The van der Waals surface area contributed by atoms with Crippen LogP contribution in [0.1, 0.15) is 29.3 Å². The summed E-state index contributed by atoms with van der Waals surface area (Å²) in [4.78, 5) is 0. The first-order valence-electron chi connectivity index (χ1n) is 7.30. The molecule has 1 heterocycles. The average Bonchev–Trinajstić information content (AvgIpc) is 3.05. The van der Waals surface area contributed by atoms with E-state index in [1.165, 1.54) is 17.5 Å². The molecule has 3 rings (SSSR count). The lowest BCUT2D eigenvalue weighted by atomic mass is 9.87. The maximum Gasteiger partial charge on any atom is 0.119 e. The summed E-state index contributed by atoms with van der Waals surface area (Å²) in [5, 5.41) is 4.04. The number of furan rings is 1. The molecule has 0 amide bonds. The molecule has 21 heavy (non-hydrogen) atoms. The molecule has 0 saturated carbocycles. The van der Waals surface area contributed by atoms with Gasteiger partial charge in [-0.15, -0.1) is 11.8 Å². The molecule has 0 saturated heterocycles. The van der Waals surface area contributed by atoms with Crippen LogP contribution in [-0.2, 0) is 12.2 Å². The molecule has 1 aromatic carbocycles. The second-order valence-electron chi connectivity index (χ2n) is 5.30. The predicted molar refractivity (Wildman–Crippen MR) is 86.9 cm³/mol. The van der Waals surface area contributed by atoms with Crippen molar-refractivity contribution in [1.29, 1.82) is 0 Å². The quantitative estimate of drug-likeness (QED) is 0.911. The molecular formula is C17H21NO2S. The van der Waals surface area contributed by atoms with Gasteiger partial charge in [0.1, 0.15) is 11.5 Å². The van der Waals surface area contributed by atoms with Gasteiger partial charge in [-0.25, -0.2) is 0 Å². The molecular weight excluding hydrogens is 282 g/mol. The fourth-order valence-corrected chi connectivity index (χ4v) is 4.29. The van der Waals surface area contributed by atoms with E-state index in [2.05, 4.69) is 23.5 Å². The van der Waals surface area contributed by atoms with Crippen LogP contribution in [0.15, 0.2) is 41.0 Å². The minimum absolute atomic E-state index is 0.365. The standard InChI is InChI=1S/C17H21NO2S/c1-18-17-15-10-13(19-2)7-5-12(15)6-8-16(17)21-11-14-4-3-9-20-14/h3-5,7,9-10,16-18H,6,8,11H2,1-2H3. The van der Waals surface area contributed by atoms with Crippen LogP contribution in [0.25, 0.3) is 0 Å². The Morgan fingerprint density at radius 2 is 2.29 bits per heavy atom. The number of rotatable bonds is 5. The molecule has 2 unspecified atom stereocenters. The van der Waals surface area contributed by atoms with E-state index in [1.807, 2.05) is 30.9 Å². The smallest absolute Gasteiger partial charge is 0.119 e. The zero-order valence-electron chi connectivity index (χ0n) is 12.5. The average molecular weight is 303 g/mol. The Morgan fingerprint density at radius 3 is 3.00 bits per heavy atom. The van der Waals surface area contributed by atoms with Gasteiger partial charge in [-0.3, -0.25) is 0 Å². The second-order valence-corrected chi connectivity index (χ2v) is 6.53. The summed E-state index contributed by atoms with van der Waals surface area (Å²) in [6.45, 7) is 0. The fourth-order valence-electron chi connectivity index (χ4n) is 2.99. The number of fused-ring (bicyclic) bond motifs is 1. The van der Waals surface area contributed by atoms with Crippen LogP contribution >= 0.6 is 11.8 Å². The molecule has 0 radical (unpaired) electrons. The first kappa shape index (κ1) is 14.5. The SMILES string of the molecule is CNC1c2cc(OC)ccc2CCC1SCc1ccco1. The monoisotopic (exact) mass is 303 g/mol. The van der Waals surface area contributed by atoms with Crippen molar-refractivity contribution in [2.75, 3.05) is 14.2 Å². The van der Waals surface area contributed by atoms with Gasteiger partial charge < -0.3 is 14.5 Å². The van der Waals surface area contributed by atoms with Gasteiger partial charge >= 0.3 is 0 Å². The van der Waals surface area contributed by atoms with Gasteiger partial charge in [-0.2, -0.15) is 0 Å². The van der Waals surface area contributed by atoms with Crippen molar-refractivity contribution in [3.05, 3.63) is 53.5 Å². The van der Waals surface area contributed by atoms with E-state index in [-0.39, 0.29) is 0 Å². The molecule has 1 aliphatic rings. The van der Waals surface area contributed by atoms with Gasteiger partial charge in [-0.05, 0) is 55.3 Å². The lowest BCUT2D eigenvalue weighted by molar-refractivity contribution is 0.411. The highest BCUT2D eigenvalue weighted by atomic mass is 32.2. The van der Waals surface area contributed by atoms with Crippen LogP contribution in [0, 0.1) is 0 Å². The van der Waals surface area contributed by atoms with Gasteiger partial charge in [0.15, 0.2) is 0 Å². The van der Waals surface area contributed by atoms with Crippen LogP contribution < -0.4 is 10.1 Å². The van der Waals surface area contributed by atoms with Crippen LogP contribution in [0.4, 0.5) is 0 Å². The second kappa shape index (κ2) is 6.58. The van der Waals surface area contributed by atoms with E-state index in [4.69, 9.17) is 9.15 Å². The first-order valence-corrected chi connectivity index (χ1v) is 8.34. The highest BCUT2D eigenvalue weighted by molar-refractivity contribution is 7.99. The summed E-state index contributed by atoms with van der Waals surface area (Å²) in [6, 6.07) is 10.8. The Kier molecular flexibility index (Phi) is 4.56. The third-order valence-electron chi connectivity index (χ3n) is 4.09. The molecule has 2 aromatic rings. The van der Waals surface area contributed by atoms with Gasteiger partial charge in [0.05, 0.1) is 19.1 Å². The molecule has 112 valence electrons. The number of methoxy groups -OCH3 is 1. The maximum absolute atomic E-state index is 5.44. The highest BCUT2D eigenvalue weighted by Gasteiger charge is 2.29. The van der Waals surface area contributed by atoms with Crippen molar-refractivity contribution in [2.45, 2.75) is 29.9 Å². The Hall–Kier alpha value is -1.39. The Balaban J connectivity index is 1.77. The summed E-state index contributed by atoms with van der Waals surface area (Å²) in [5.41, 5.74) is 2.81. The van der Waals surface area contributed by atoms with E-state index in [9.17, 15) is 0 Å². The molecule has 3 nitrogen and oxygen atoms in total. The van der Waals surface area contributed by atoms with E-state index in [0.717, 1.165) is 23.7 Å². The van der Waals surface area contributed by atoms with Gasteiger partial charge in [0.25, 0.3) is 0 Å². The van der Waals surface area contributed by atoms with E-state index in [1.54, 1.807) is 13.4 Å². The molecule has 0 aliphatic heterocycles. The van der Waals surface area contributed by atoms with Crippen molar-refractivity contribution in [3.8, 4) is 5.75 Å². The number of ether oxygens (including phenoxy) is 1. The van der Waals surface area contributed by atoms with E-state index < -0.39 is 0 Å². The van der Waals surface area contributed by atoms with Gasteiger partial charge in [-0.1, -0.05) is 6.07 Å². The minimum Gasteiger partial charge on any atom is -0.497 e. The van der Waals surface area contributed by atoms with E-state index in [0.29, 0.717) is 11.3 Å².